The number of anilines is 2. The molecule has 3 aromatic carbocycles. The van der Waals surface area contributed by atoms with Crippen LogP contribution < -0.4 is 14.4 Å². The molecule has 1 N–H and O–H groups in total. The zero-order valence-electron chi connectivity index (χ0n) is 16.3. The van der Waals surface area contributed by atoms with Crippen molar-refractivity contribution in [2.24, 2.45) is 0 Å². The number of nitrogens with zero attached hydrogens (tertiary/aromatic N) is 1. The molecule has 7 heteroatoms. The molecule has 0 saturated heterocycles. The van der Waals surface area contributed by atoms with Crippen molar-refractivity contribution in [1.82, 2.24) is 0 Å². The highest BCUT2D eigenvalue weighted by Gasteiger charge is 2.31. The van der Waals surface area contributed by atoms with Crippen molar-refractivity contribution < 1.29 is 17.9 Å². The van der Waals surface area contributed by atoms with Crippen molar-refractivity contribution in [3.8, 4) is 5.75 Å². The van der Waals surface area contributed by atoms with E-state index in [1.807, 2.05) is 55.5 Å². The molecule has 3 aromatic rings. The summed E-state index contributed by atoms with van der Waals surface area (Å²) in [5.41, 5.74) is 2.08. The van der Waals surface area contributed by atoms with Gasteiger partial charge in [-0.1, -0.05) is 42.5 Å². The fourth-order valence-corrected chi connectivity index (χ4v) is 4.50. The number of nitrogens with one attached hydrogen (secondary N) is 1. The van der Waals surface area contributed by atoms with E-state index in [0.717, 1.165) is 22.6 Å². The molecule has 0 spiro atoms. The second-order valence-corrected chi connectivity index (χ2v) is 9.12. The molecule has 1 amide bonds. The Bertz CT molecular complexity index is 1190. The van der Waals surface area contributed by atoms with Crippen LogP contribution in [0.15, 0.2) is 60.7 Å². The first-order valence-corrected chi connectivity index (χ1v) is 11.2. The highest BCUT2D eigenvalue weighted by molar-refractivity contribution is 7.92. The Morgan fingerprint density at radius 1 is 1.10 bits per heavy atom. The van der Waals surface area contributed by atoms with Gasteiger partial charge in [-0.15, -0.1) is 0 Å². The van der Waals surface area contributed by atoms with Crippen molar-refractivity contribution in [2.75, 3.05) is 22.4 Å². The number of benzene rings is 3. The number of fused-ring (bicyclic) bond motifs is 2. The van der Waals surface area contributed by atoms with E-state index in [1.54, 1.807) is 12.1 Å². The molecule has 1 aliphatic rings. The molecule has 6 nitrogen and oxygen atoms in total. The molecule has 1 atom stereocenters. The first-order chi connectivity index (χ1) is 13.8. The van der Waals surface area contributed by atoms with Crippen LogP contribution in [0.4, 0.5) is 11.4 Å². The minimum atomic E-state index is -3.49. The quantitative estimate of drug-likeness (QED) is 0.714. The second-order valence-electron chi connectivity index (χ2n) is 7.22. The Hall–Kier alpha value is -3.06. The van der Waals surface area contributed by atoms with Crippen LogP contribution >= 0.6 is 0 Å². The fraction of sp³-hybridized carbons (Fsp3) is 0.227. The Balaban J connectivity index is 1.64. The number of rotatable bonds is 3. The van der Waals surface area contributed by atoms with Gasteiger partial charge in [0.15, 0.2) is 6.10 Å². The third kappa shape index (κ3) is 3.91. The van der Waals surface area contributed by atoms with Gasteiger partial charge in [-0.25, -0.2) is 8.42 Å². The minimum absolute atomic E-state index is 0.170. The lowest BCUT2D eigenvalue weighted by Crippen LogP contribution is -2.36. The van der Waals surface area contributed by atoms with E-state index < -0.39 is 16.1 Å². The van der Waals surface area contributed by atoms with Crippen molar-refractivity contribution in [1.29, 1.82) is 0 Å². The van der Waals surface area contributed by atoms with Gasteiger partial charge in [-0.05, 0) is 36.1 Å². The lowest BCUT2D eigenvalue weighted by molar-refractivity contribution is -0.122. The van der Waals surface area contributed by atoms with Crippen LogP contribution in [0.3, 0.4) is 0 Å². The topological polar surface area (TPSA) is 75.7 Å². The normalized spacial score (nSPS) is 16.6. The highest BCUT2D eigenvalue weighted by atomic mass is 32.2. The number of carbonyl (C=O) groups is 1. The molecule has 0 aromatic heterocycles. The summed E-state index contributed by atoms with van der Waals surface area (Å²) in [4.78, 5) is 13.0. The molecule has 29 heavy (non-hydrogen) atoms. The number of carbonyl (C=O) groups excluding carboxylic acids is 1. The molecule has 0 radical (unpaired) electrons. The van der Waals surface area contributed by atoms with Crippen LogP contribution in [0.2, 0.25) is 0 Å². The molecular weight excluding hydrogens is 388 g/mol. The average Bonchev–Trinajstić information content (AvgIpc) is 2.87. The molecule has 4 rings (SSSR count). The maximum absolute atomic E-state index is 13.0. The van der Waals surface area contributed by atoms with Crippen molar-refractivity contribution in [2.45, 2.75) is 19.4 Å². The largest absolute Gasteiger partial charge is 0.478 e. The lowest BCUT2D eigenvalue weighted by atomic mass is 10.1. The van der Waals surface area contributed by atoms with Gasteiger partial charge in [0.05, 0.1) is 11.9 Å². The summed E-state index contributed by atoms with van der Waals surface area (Å²) in [5, 5.41) is 4.91. The van der Waals surface area contributed by atoms with Gasteiger partial charge >= 0.3 is 0 Å². The summed E-state index contributed by atoms with van der Waals surface area (Å²) in [7, 11) is -3.49. The van der Waals surface area contributed by atoms with Crippen LogP contribution in [0.25, 0.3) is 10.8 Å². The van der Waals surface area contributed by atoms with Crippen LogP contribution in [0, 0.1) is 6.92 Å². The van der Waals surface area contributed by atoms with Crippen LogP contribution in [-0.4, -0.2) is 33.2 Å². The minimum Gasteiger partial charge on any atom is -0.478 e. The third-order valence-corrected chi connectivity index (χ3v) is 6.17. The SMILES string of the molecule is Cc1ccc2c(c1)N(S(C)(=O)=O)CCC(C(=O)Nc1cccc3ccccc13)O2. The molecular formula is C22H22N2O4S. The van der Waals surface area contributed by atoms with E-state index in [9.17, 15) is 13.2 Å². The molecule has 0 saturated carbocycles. The monoisotopic (exact) mass is 410 g/mol. The number of amides is 1. The first kappa shape index (κ1) is 19.3. The zero-order chi connectivity index (χ0) is 20.6. The molecule has 0 fully saturated rings. The summed E-state index contributed by atoms with van der Waals surface area (Å²) in [6, 6.07) is 18.8. The lowest BCUT2D eigenvalue weighted by Gasteiger charge is -2.21. The zero-order valence-corrected chi connectivity index (χ0v) is 17.1. The summed E-state index contributed by atoms with van der Waals surface area (Å²) >= 11 is 0. The summed E-state index contributed by atoms with van der Waals surface area (Å²) in [6.45, 7) is 2.05. The molecule has 150 valence electrons. The molecule has 0 aliphatic carbocycles. The van der Waals surface area contributed by atoms with Gasteiger partial charge < -0.3 is 10.1 Å². The fourth-order valence-electron chi connectivity index (χ4n) is 3.57. The maximum atomic E-state index is 13.0. The summed E-state index contributed by atoms with van der Waals surface area (Å²) in [5.74, 6) is 0.0832. The first-order valence-electron chi connectivity index (χ1n) is 9.36. The molecule has 1 heterocycles. The summed E-state index contributed by atoms with van der Waals surface area (Å²) in [6.07, 6.45) is 0.606. The molecule has 1 unspecified atom stereocenters. The Kier molecular flexibility index (Phi) is 4.92. The number of hydrogen-bond donors (Lipinski definition) is 1. The summed E-state index contributed by atoms with van der Waals surface area (Å²) < 4.78 is 31.9. The Labute approximate surface area is 170 Å². The van der Waals surface area contributed by atoms with Gasteiger partial charge in [-0.2, -0.15) is 0 Å². The smallest absolute Gasteiger partial charge is 0.265 e. The van der Waals surface area contributed by atoms with E-state index in [0.29, 0.717) is 17.1 Å². The second kappa shape index (κ2) is 7.40. The van der Waals surface area contributed by atoms with E-state index in [4.69, 9.17) is 4.74 Å². The van der Waals surface area contributed by atoms with E-state index >= 15 is 0 Å². The number of hydrogen-bond acceptors (Lipinski definition) is 4. The predicted molar refractivity (Wildman–Crippen MR) is 115 cm³/mol. The number of ether oxygens (including phenoxy) is 1. The average molecular weight is 410 g/mol. The van der Waals surface area contributed by atoms with Gasteiger partial charge in [0.2, 0.25) is 10.0 Å². The van der Waals surface area contributed by atoms with E-state index in [-0.39, 0.29) is 18.9 Å². The maximum Gasteiger partial charge on any atom is 0.265 e. The van der Waals surface area contributed by atoms with E-state index in [2.05, 4.69) is 5.32 Å². The van der Waals surface area contributed by atoms with Gasteiger partial charge in [-0.3, -0.25) is 9.10 Å². The van der Waals surface area contributed by atoms with Crippen molar-refractivity contribution >= 4 is 38.1 Å². The predicted octanol–water partition coefficient (Wildman–Crippen LogP) is 3.70. The van der Waals surface area contributed by atoms with Gasteiger partial charge in [0.25, 0.3) is 5.91 Å². The van der Waals surface area contributed by atoms with Crippen molar-refractivity contribution in [3.05, 3.63) is 66.2 Å². The van der Waals surface area contributed by atoms with E-state index in [1.165, 1.54) is 4.31 Å². The standard InChI is InChI=1S/C22H22N2O4S/c1-15-10-11-20-19(14-15)24(29(2,26)27)13-12-21(28-20)22(25)23-18-9-5-7-16-6-3-4-8-17(16)18/h3-11,14,21H,12-13H2,1-2H3,(H,23,25). The van der Waals surface area contributed by atoms with Gasteiger partial charge in [0, 0.05) is 24.0 Å². The highest BCUT2D eigenvalue weighted by Crippen LogP contribution is 2.35. The van der Waals surface area contributed by atoms with Crippen LogP contribution in [0.5, 0.6) is 5.75 Å². The van der Waals surface area contributed by atoms with Gasteiger partial charge in [0.1, 0.15) is 5.75 Å². The number of aryl methyl sites for hydroxylation is 1. The van der Waals surface area contributed by atoms with Crippen LogP contribution in [-0.2, 0) is 14.8 Å². The van der Waals surface area contributed by atoms with Crippen LogP contribution in [0.1, 0.15) is 12.0 Å². The third-order valence-electron chi connectivity index (χ3n) is 4.99. The molecule has 1 aliphatic heterocycles. The molecule has 0 bridgehead atoms. The Morgan fingerprint density at radius 2 is 1.86 bits per heavy atom. The number of sulfonamides is 1. The van der Waals surface area contributed by atoms with Crippen molar-refractivity contribution in [3.63, 3.8) is 0 Å². The Morgan fingerprint density at radius 3 is 2.66 bits per heavy atom.